The maximum atomic E-state index is 14.3. The Morgan fingerprint density at radius 2 is 1.04 bits per heavy atom. The lowest BCUT2D eigenvalue weighted by molar-refractivity contribution is -0.146. The number of nitrogens with one attached hydrogen (secondary N) is 14. The van der Waals surface area contributed by atoms with Crippen molar-refractivity contribution in [2.75, 3.05) is 26.2 Å². The number of aliphatic hydroxyl groups is 4. The van der Waals surface area contributed by atoms with Gasteiger partial charge >= 0.3 is 11.9 Å². The third-order valence-corrected chi connectivity index (χ3v) is 18.2. The normalized spacial score (nSPS) is 17.1. The van der Waals surface area contributed by atoms with E-state index < -0.39 is 223 Å². The fourth-order valence-electron chi connectivity index (χ4n) is 11.6. The van der Waals surface area contributed by atoms with E-state index in [2.05, 4.69) is 78.8 Å². The van der Waals surface area contributed by atoms with Gasteiger partial charge in [-0.3, -0.25) is 76.9 Å². The number of phenolic OH excluding ortho intramolecular Hbond substituents is 1. The van der Waals surface area contributed by atoms with Gasteiger partial charge in [0.15, 0.2) is 12.0 Å². The number of H-pyrrole nitrogens is 1. The zero-order valence-corrected chi connectivity index (χ0v) is 65.6. The van der Waals surface area contributed by atoms with Crippen LogP contribution in [0, 0.1) is 17.8 Å². The second-order valence-corrected chi connectivity index (χ2v) is 28.9. The molecule has 114 heavy (non-hydrogen) atoms. The van der Waals surface area contributed by atoms with Crippen LogP contribution in [0.3, 0.4) is 0 Å². The Hall–Kier alpha value is -11.2. The molecule has 0 saturated carbocycles. The molecule has 27 N–H and O–H groups in total. The summed E-state index contributed by atoms with van der Waals surface area (Å²) in [6, 6.07) is -15.8. The molecule has 0 spiro atoms. The van der Waals surface area contributed by atoms with Crippen LogP contribution < -0.4 is 86.3 Å². The summed E-state index contributed by atoms with van der Waals surface area (Å²) in [5.41, 5.74) is 18.1. The van der Waals surface area contributed by atoms with Crippen LogP contribution in [0.25, 0.3) is 0 Å². The van der Waals surface area contributed by atoms with Crippen molar-refractivity contribution >= 4 is 101 Å². The molecule has 14 amide bonds. The van der Waals surface area contributed by atoms with E-state index in [1.54, 1.807) is 53.7 Å². The zero-order chi connectivity index (χ0) is 86.1. The minimum Gasteiger partial charge on any atom is -0.508 e. The fraction of sp³-hybridized carbons (Fsp3) is 0.634. The van der Waals surface area contributed by atoms with Gasteiger partial charge in [0.25, 0.3) is 0 Å². The molecule has 3 rings (SSSR count). The summed E-state index contributed by atoms with van der Waals surface area (Å²) < 4.78 is 0. The first-order chi connectivity index (χ1) is 53.4. The molecule has 1 aliphatic rings. The fourth-order valence-corrected chi connectivity index (χ4v) is 11.6. The van der Waals surface area contributed by atoms with Crippen molar-refractivity contribution in [2.45, 2.75) is 243 Å². The molecule has 0 radical (unpaired) electrons. The van der Waals surface area contributed by atoms with Crippen molar-refractivity contribution in [3.8, 4) is 5.75 Å². The van der Waals surface area contributed by atoms with Crippen LogP contribution >= 0.6 is 0 Å². The number of amides is 14. The molecule has 1 saturated heterocycles. The molecule has 43 nitrogen and oxygen atoms in total. The summed E-state index contributed by atoms with van der Waals surface area (Å²) in [6.07, 6.45) is -3.53. The largest absolute Gasteiger partial charge is 0.508 e. The van der Waals surface area contributed by atoms with Gasteiger partial charge in [0.2, 0.25) is 82.7 Å². The molecule has 0 bridgehead atoms. The van der Waals surface area contributed by atoms with Crippen molar-refractivity contribution in [1.82, 2.24) is 84.0 Å². The number of hydrogen-bond acceptors (Lipinski definition) is 24. The lowest BCUT2D eigenvalue weighted by Gasteiger charge is -2.30. The molecule has 1 fully saturated rings. The van der Waals surface area contributed by atoms with E-state index in [1.165, 1.54) is 38.5 Å². The van der Waals surface area contributed by atoms with Crippen LogP contribution in [0.2, 0.25) is 0 Å². The number of aliphatic imine (C=N–C) groups is 1. The van der Waals surface area contributed by atoms with Gasteiger partial charge in [0, 0.05) is 31.4 Å². The number of carboxylic acids is 2. The van der Waals surface area contributed by atoms with E-state index in [4.69, 9.17) is 17.2 Å². The number of nitrogens with zero attached hydrogens (tertiary/aromatic N) is 3. The van der Waals surface area contributed by atoms with E-state index in [-0.39, 0.29) is 93.7 Å². The number of rotatable bonds is 48. The molecule has 2 heterocycles. The van der Waals surface area contributed by atoms with E-state index >= 15 is 0 Å². The highest BCUT2D eigenvalue weighted by Crippen LogP contribution is 2.21. The number of aliphatic carboxylic acids is 2. The molecule has 636 valence electrons. The number of nitrogens with two attached hydrogens (primary N) is 3. The molecule has 1 aromatic heterocycles. The standard InChI is InChI=1S/C71H114N20O23/c1-12-34(6)53(87-59(102)43(72)25-40-17-19-42(96)20-18-40)66(109)80-36(8)58(101)86-49(30-92)69(112)91-22-14-16-50(91)65(108)82-44(15-13-21-76-71(73)74)60(103)77-29-51(97)81-48(27-52(98)99)63(106)84-45(23-32(2)3)61(104)79-35(7)57(100)83-47(26-41-28-75-31-78-41)62(105)85-46(24-33(4)5)64(107)88-54(37(9)93)67(110)89-55(38(10)94)68(111)90-56(39(11)95)70(113)114/h17-20,28,31-39,43-50,53-56,92-96H,12-16,21-27,29-30,72H2,1-11H3,(H,75,78)(H,77,103)(H,79,104)(H,80,109)(H,81,97)(H,82,108)(H,83,100)(H,84,106)(H,85,105)(H,86,101)(H,87,102)(H,88,107)(H,89,110)(H,90,111)(H,98,99)(H,113,114)(H4,73,74,76)/t34-,35-,36-,37+,38+,39+,43-,44-,45-,46-,47-,48-,49-,50-,53-,54-,55-,56-/m0/s1. The zero-order valence-electron chi connectivity index (χ0n) is 65.6. The number of aromatic amines is 1. The third-order valence-electron chi connectivity index (χ3n) is 18.2. The number of aromatic hydroxyl groups is 1. The average Bonchev–Trinajstić information content (AvgIpc) is 1.60. The Morgan fingerprint density at radius 3 is 1.54 bits per heavy atom. The van der Waals surface area contributed by atoms with Crippen molar-refractivity contribution in [1.29, 1.82) is 0 Å². The average molecular weight is 1620 g/mol. The van der Waals surface area contributed by atoms with Gasteiger partial charge in [-0.1, -0.05) is 60.1 Å². The van der Waals surface area contributed by atoms with Crippen LogP contribution in [0.15, 0.2) is 41.8 Å². The molecular weight excluding hydrogens is 1500 g/mol. The number of aromatic nitrogens is 2. The number of carbonyl (C=O) groups excluding carboxylic acids is 14. The number of imidazole rings is 1. The first-order valence-corrected chi connectivity index (χ1v) is 37.3. The Labute approximate surface area is 658 Å². The number of guanidine groups is 1. The van der Waals surface area contributed by atoms with Gasteiger partial charge in [-0.05, 0) is 115 Å². The lowest BCUT2D eigenvalue weighted by Crippen LogP contribution is -2.63. The van der Waals surface area contributed by atoms with Crippen LogP contribution in [-0.4, -0.2) is 280 Å². The topological polar surface area (TPSA) is 693 Å². The maximum absolute atomic E-state index is 14.3. The number of hydrogen-bond donors (Lipinski definition) is 24. The van der Waals surface area contributed by atoms with Gasteiger partial charge < -0.3 is 132 Å². The molecule has 2 aromatic rings. The van der Waals surface area contributed by atoms with Crippen LogP contribution in [0.4, 0.5) is 0 Å². The number of aliphatic hydroxyl groups excluding tert-OH is 4. The third kappa shape index (κ3) is 32.5. The number of likely N-dealkylation sites (tertiary alicyclic amines) is 1. The summed E-state index contributed by atoms with van der Waals surface area (Å²) >= 11 is 0. The van der Waals surface area contributed by atoms with Crippen molar-refractivity contribution in [3.63, 3.8) is 0 Å². The Bertz CT molecular complexity index is 3650. The number of carboxylic acid groups (broad SMARTS) is 2. The smallest absolute Gasteiger partial charge is 0.328 e. The predicted molar refractivity (Wildman–Crippen MR) is 405 cm³/mol. The van der Waals surface area contributed by atoms with Crippen LogP contribution in [0.1, 0.15) is 139 Å². The van der Waals surface area contributed by atoms with Gasteiger partial charge in [0.05, 0.1) is 50.3 Å². The Kier molecular flexibility index (Phi) is 40.3. The predicted octanol–water partition coefficient (Wildman–Crippen LogP) is -7.92. The van der Waals surface area contributed by atoms with Crippen molar-refractivity contribution in [3.05, 3.63) is 48.0 Å². The lowest BCUT2D eigenvalue weighted by atomic mass is 9.97. The minimum absolute atomic E-state index is 0.0108. The molecule has 1 aliphatic heterocycles. The quantitative estimate of drug-likeness (QED) is 0.0166. The molecule has 18 atom stereocenters. The molecule has 43 heteroatoms. The highest BCUT2D eigenvalue weighted by atomic mass is 16.4. The molecule has 0 unspecified atom stereocenters. The van der Waals surface area contributed by atoms with Crippen molar-refractivity contribution < 1.29 is 112 Å². The summed E-state index contributed by atoms with van der Waals surface area (Å²) in [4.78, 5) is 229. The Morgan fingerprint density at radius 1 is 0.561 bits per heavy atom. The number of benzene rings is 1. The van der Waals surface area contributed by atoms with E-state index in [9.17, 15) is 112 Å². The van der Waals surface area contributed by atoms with E-state index in [0.29, 0.717) is 12.0 Å². The van der Waals surface area contributed by atoms with E-state index in [1.807, 2.05) is 5.32 Å². The Balaban J connectivity index is 1.76. The van der Waals surface area contributed by atoms with Gasteiger partial charge in [-0.25, -0.2) is 9.78 Å². The highest BCUT2D eigenvalue weighted by molar-refractivity contribution is 6.01. The van der Waals surface area contributed by atoms with E-state index in [0.717, 1.165) is 25.7 Å². The van der Waals surface area contributed by atoms with Gasteiger partial charge in [-0.15, -0.1) is 0 Å². The van der Waals surface area contributed by atoms with Crippen molar-refractivity contribution in [2.24, 2.45) is 39.9 Å². The SMILES string of the molecule is CC[C@H](C)[C@H](NC(=O)[C@@H](N)Cc1ccc(O)cc1)C(=O)N[C@@H](C)C(=O)N[C@@H](CO)C(=O)N1CCC[C@H]1C(=O)N[C@@H](CCCN=C(N)N)C(=O)NCC(=O)N[C@@H](CC(=O)O)C(=O)N[C@@H](CC(C)C)C(=O)N[C@@H](C)C(=O)N[C@@H](Cc1cnc[nH]1)C(=O)N[C@@H](CC(C)C)C(=O)N[C@H](C(=O)N[C@H](C(=O)N[C@H](C(=O)O)[C@@H](C)O)[C@@H](C)O)[C@@H](C)O. The maximum Gasteiger partial charge on any atom is 0.328 e. The molecule has 1 aromatic carbocycles. The summed E-state index contributed by atoms with van der Waals surface area (Å²) in [7, 11) is 0. The van der Waals surface area contributed by atoms with Gasteiger partial charge in [0.1, 0.15) is 78.3 Å². The second-order valence-electron chi connectivity index (χ2n) is 28.9. The number of phenols is 1. The van der Waals surface area contributed by atoms with Gasteiger partial charge in [-0.2, -0.15) is 0 Å². The van der Waals surface area contributed by atoms with Crippen LogP contribution in [-0.2, 0) is 89.6 Å². The monoisotopic (exact) mass is 1610 g/mol. The summed E-state index contributed by atoms with van der Waals surface area (Å²) in [5.74, 6) is -18.9. The minimum atomic E-state index is -1.93. The first-order valence-electron chi connectivity index (χ1n) is 37.3. The number of carbonyl (C=O) groups is 16. The van der Waals surface area contributed by atoms with Crippen LogP contribution in [0.5, 0.6) is 5.75 Å². The molecular formula is C71H114N20O23. The highest BCUT2D eigenvalue weighted by Gasteiger charge is 2.42. The summed E-state index contributed by atoms with van der Waals surface area (Å²) in [5, 5.41) is 101. The summed E-state index contributed by atoms with van der Waals surface area (Å²) in [6.45, 7) is 13.8. The molecule has 0 aliphatic carbocycles. The first kappa shape index (κ1) is 97.0. The second kappa shape index (κ2) is 47.4.